The first kappa shape index (κ1) is 14.9. The van der Waals surface area contributed by atoms with Gasteiger partial charge in [0.2, 0.25) is 5.91 Å². The van der Waals surface area contributed by atoms with E-state index in [0.29, 0.717) is 12.0 Å². The van der Waals surface area contributed by atoms with E-state index in [1.165, 1.54) is 6.07 Å². The number of halogens is 2. The van der Waals surface area contributed by atoms with Gasteiger partial charge in [0.15, 0.2) is 11.6 Å². The number of amides is 1. The zero-order chi connectivity index (χ0) is 13.5. The Morgan fingerprint density at radius 1 is 1.44 bits per heavy atom. The maximum absolute atomic E-state index is 12.9. The topological polar surface area (TPSA) is 55.1 Å². The van der Waals surface area contributed by atoms with E-state index in [4.69, 9.17) is 5.73 Å². The highest BCUT2D eigenvalue weighted by Crippen LogP contribution is 2.08. The first-order chi connectivity index (χ1) is 8.54. The lowest BCUT2D eigenvalue weighted by atomic mass is 10.2. The summed E-state index contributed by atoms with van der Waals surface area (Å²) in [5.41, 5.74) is 6.16. The Hall–Kier alpha value is -1.14. The minimum absolute atomic E-state index is 0.142. The molecule has 0 unspecified atom stereocenters. The Bertz CT molecular complexity index is 415. The van der Waals surface area contributed by atoms with Crippen molar-refractivity contribution in [3.63, 3.8) is 0 Å². The zero-order valence-electron chi connectivity index (χ0n) is 10.1. The van der Waals surface area contributed by atoms with Crippen LogP contribution in [0, 0.1) is 11.6 Å². The molecule has 3 N–H and O–H groups in total. The lowest BCUT2D eigenvalue weighted by Crippen LogP contribution is -2.40. The minimum Gasteiger partial charge on any atom is -0.351 e. The number of nitrogens with two attached hydrogens (primary N) is 1. The van der Waals surface area contributed by atoms with E-state index in [2.05, 4.69) is 5.32 Å². The predicted octanol–water partition coefficient (Wildman–Crippen LogP) is 1.66. The number of hydrogen-bond acceptors (Lipinski definition) is 3. The number of thioether (sulfide) groups is 1. The fraction of sp³-hybridized carbons (Fsp3) is 0.417. The summed E-state index contributed by atoms with van der Waals surface area (Å²) < 4.78 is 25.6. The normalized spacial score (nSPS) is 12.2. The molecule has 0 aliphatic rings. The molecule has 0 saturated heterocycles. The monoisotopic (exact) mass is 274 g/mol. The molecule has 1 rings (SSSR count). The summed E-state index contributed by atoms with van der Waals surface area (Å²) in [5, 5.41) is 2.59. The van der Waals surface area contributed by atoms with Gasteiger partial charge in [-0.1, -0.05) is 6.07 Å². The van der Waals surface area contributed by atoms with Crippen molar-refractivity contribution in [3.05, 3.63) is 35.4 Å². The van der Waals surface area contributed by atoms with Crippen molar-refractivity contribution in [2.24, 2.45) is 5.73 Å². The van der Waals surface area contributed by atoms with Crippen molar-refractivity contribution in [1.29, 1.82) is 0 Å². The largest absolute Gasteiger partial charge is 0.351 e. The predicted molar refractivity (Wildman–Crippen MR) is 69.2 cm³/mol. The van der Waals surface area contributed by atoms with Gasteiger partial charge in [0.1, 0.15) is 0 Å². The van der Waals surface area contributed by atoms with Gasteiger partial charge in [0.05, 0.1) is 6.04 Å². The Kier molecular flexibility index (Phi) is 6.07. The highest BCUT2D eigenvalue weighted by atomic mass is 32.2. The van der Waals surface area contributed by atoms with Gasteiger partial charge in [-0.2, -0.15) is 11.8 Å². The van der Waals surface area contributed by atoms with Crippen LogP contribution in [-0.2, 0) is 11.3 Å². The van der Waals surface area contributed by atoms with Gasteiger partial charge in [-0.3, -0.25) is 4.79 Å². The van der Waals surface area contributed by atoms with Crippen molar-refractivity contribution in [1.82, 2.24) is 5.32 Å². The second-order valence-electron chi connectivity index (χ2n) is 3.85. The summed E-state index contributed by atoms with van der Waals surface area (Å²) in [6, 6.07) is 2.95. The second-order valence-corrected chi connectivity index (χ2v) is 4.84. The minimum atomic E-state index is -0.923. The van der Waals surface area contributed by atoms with Crippen molar-refractivity contribution in [2.75, 3.05) is 12.0 Å². The van der Waals surface area contributed by atoms with Gasteiger partial charge in [-0.05, 0) is 36.1 Å². The molecule has 0 fully saturated rings. The van der Waals surface area contributed by atoms with E-state index in [0.717, 1.165) is 17.9 Å². The van der Waals surface area contributed by atoms with E-state index >= 15 is 0 Å². The van der Waals surface area contributed by atoms with Crippen molar-refractivity contribution >= 4 is 17.7 Å². The molecule has 0 radical (unpaired) electrons. The number of benzene rings is 1. The number of carbonyl (C=O) groups excluding carboxylic acids is 1. The highest BCUT2D eigenvalue weighted by Gasteiger charge is 2.12. The molecule has 0 bridgehead atoms. The smallest absolute Gasteiger partial charge is 0.237 e. The van der Waals surface area contributed by atoms with Crippen LogP contribution in [0.2, 0.25) is 0 Å². The van der Waals surface area contributed by atoms with E-state index in [-0.39, 0.29) is 12.5 Å². The third-order valence-corrected chi connectivity index (χ3v) is 3.06. The van der Waals surface area contributed by atoms with Gasteiger partial charge >= 0.3 is 0 Å². The molecule has 6 heteroatoms. The van der Waals surface area contributed by atoms with Crippen molar-refractivity contribution in [2.45, 2.75) is 19.0 Å². The van der Waals surface area contributed by atoms with Crippen LogP contribution in [-0.4, -0.2) is 24.0 Å². The van der Waals surface area contributed by atoms with Crippen LogP contribution < -0.4 is 11.1 Å². The molecule has 0 spiro atoms. The summed E-state index contributed by atoms with van der Waals surface area (Å²) >= 11 is 1.61. The molecule has 1 aromatic carbocycles. The molecule has 0 aromatic heterocycles. The van der Waals surface area contributed by atoms with Crippen LogP contribution in [0.4, 0.5) is 8.78 Å². The summed E-state index contributed by atoms with van der Waals surface area (Å²) in [7, 11) is 0. The fourth-order valence-electron chi connectivity index (χ4n) is 1.35. The highest BCUT2D eigenvalue weighted by molar-refractivity contribution is 7.98. The molecule has 1 amide bonds. The Labute approximate surface area is 109 Å². The van der Waals surface area contributed by atoms with Gasteiger partial charge in [0, 0.05) is 6.54 Å². The van der Waals surface area contributed by atoms with E-state index in [9.17, 15) is 13.6 Å². The number of nitrogens with one attached hydrogen (secondary N) is 1. The molecule has 100 valence electrons. The van der Waals surface area contributed by atoms with Crippen LogP contribution >= 0.6 is 11.8 Å². The molecule has 0 saturated carbocycles. The maximum Gasteiger partial charge on any atom is 0.237 e. The average molecular weight is 274 g/mol. The van der Waals surface area contributed by atoms with Gasteiger partial charge in [-0.25, -0.2) is 8.78 Å². The van der Waals surface area contributed by atoms with Gasteiger partial charge < -0.3 is 11.1 Å². The van der Waals surface area contributed by atoms with Crippen molar-refractivity contribution < 1.29 is 13.6 Å². The zero-order valence-corrected chi connectivity index (χ0v) is 10.9. The molecule has 1 atom stereocenters. The van der Waals surface area contributed by atoms with Crippen molar-refractivity contribution in [3.8, 4) is 0 Å². The van der Waals surface area contributed by atoms with Gasteiger partial charge in [0.25, 0.3) is 0 Å². The lowest BCUT2D eigenvalue weighted by Gasteiger charge is -2.11. The molecule has 1 aromatic rings. The molecule has 0 aliphatic heterocycles. The van der Waals surface area contributed by atoms with E-state index in [1.807, 2.05) is 6.26 Å². The third-order valence-electron chi connectivity index (χ3n) is 2.42. The molecule has 18 heavy (non-hydrogen) atoms. The first-order valence-electron chi connectivity index (χ1n) is 5.50. The summed E-state index contributed by atoms with van der Waals surface area (Å²) in [6.07, 6.45) is 2.52. The molecular formula is C12H16F2N2OS. The standard InChI is InChI=1S/C12H16F2N2OS/c1-18-5-4-11(15)12(17)16-7-8-2-3-9(13)10(14)6-8/h2-3,6,11H,4-5,7,15H2,1H3,(H,16,17)/t11-/m0/s1. The summed E-state index contributed by atoms with van der Waals surface area (Å²) in [6.45, 7) is 0.142. The summed E-state index contributed by atoms with van der Waals surface area (Å²) in [5.74, 6) is -1.30. The fourth-order valence-corrected chi connectivity index (χ4v) is 1.84. The van der Waals surface area contributed by atoms with Crippen LogP contribution in [0.15, 0.2) is 18.2 Å². The Balaban J connectivity index is 2.44. The second kappa shape index (κ2) is 7.33. The first-order valence-corrected chi connectivity index (χ1v) is 6.90. The SMILES string of the molecule is CSCC[C@H](N)C(=O)NCc1ccc(F)c(F)c1. The van der Waals surface area contributed by atoms with E-state index in [1.54, 1.807) is 11.8 Å². The Morgan fingerprint density at radius 3 is 2.78 bits per heavy atom. The third kappa shape index (κ3) is 4.62. The maximum atomic E-state index is 12.9. The molecular weight excluding hydrogens is 258 g/mol. The number of hydrogen-bond donors (Lipinski definition) is 2. The van der Waals surface area contributed by atoms with Crippen LogP contribution in [0.1, 0.15) is 12.0 Å². The number of carbonyl (C=O) groups is 1. The molecule has 0 heterocycles. The van der Waals surface area contributed by atoms with Gasteiger partial charge in [-0.15, -0.1) is 0 Å². The molecule has 0 aliphatic carbocycles. The lowest BCUT2D eigenvalue weighted by molar-refractivity contribution is -0.122. The summed E-state index contributed by atoms with van der Waals surface area (Å²) in [4.78, 5) is 11.6. The Morgan fingerprint density at radius 2 is 2.17 bits per heavy atom. The van der Waals surface area contributed by atoms with Crippen LogP contribution in [0.3, 0.4) is 0 Å². The van der Waals surface area contributed by atoms with Crippen LogP contribution in [0.25, 0.3) is 0 Å². The number of rotatable bonds is 6. The van der Waals surface area contributed by atoms with E-state index < -0.39 is 17.7 Å². The molecule has 3 nitrogen and oxygen atoms in total. The average Bonchev–Trinajstić information content (AvgIpc) is 2.36. The van der Waals surface area contributed by atoms with Crippen LogP contribution in [0.5, 0.6) is 0 Å². The quantitative estimate of drug-likeness (QED) is 0.829.